The lowest BCUT2D eigenvalue weighted by Crippen LogP contribution is -2.31. The van der Waals surface area contributed by atoms with Gasteiger partial charge in [-0.05, 0) is 24.3 Å². The molecular formula is C13H17NO3S. The average molecular weight is 267 g/mol. The minimum Gasteiger partial charge on any atom is -0.481 e. The van der Waals surface area contributed by atoms with E-state index in [9.17, 15) is 9.59 Å². The summed E-state index contributed by atoms with van der Waals surface area (Å²) in [6, 6.07) is 7.02. The smallest absolute Gasteiger partial charge is 0.305 e. The Morgan fingerprint density at radius 1 is 1.39 bits per heavy atom. The molecule has 0 heterocycles. The fourth-order valence-corrected chi connectivity index (χ4v) is 2.10. The molecule has 1 atom stereocenters. The van der Waals surface area contributed by atoms with E-state index in [4.69, 9.17) is 5.11 Å². The van der Waals surface area contributed by atoms with Crippen molar-refractivity contribution in [2.24, 2.45) is 0 Å². The first-order chi connectivity index (χ1) is 8.54. The highest BCUT2D eigenvalue weighted by atomic mass is 32.2. The van der Waals surface area contributed by atoms with E-state index < -0.39 is 12.0 Å². The van der Waals surface area contributed by atoms with Gasteiger partial charge in [0, 0.05) is 0 Å². The van der Waals surface area contributed by atoms with Crippen molar-refractivity contribution in [1.82, 2.24) is 5.32 Å². The highest BCUT2D eigenvalue weighted by Gasteiger charge is 2.19. The second-order valence-electron chi connectivity index (χ2n) is 4.01. The van der Waals surface area contributed by atoms with Crippen molar-refractivity contribution in [2.75, 3.05) is 12.0 Å². The molecule has 0 radical (unpaired) electrons. The van der Waals surface area contributed by atoms with Gasteiger partial charge in [0.1, 0.15) is 0 Å². The molecule has 2 N–H and O–H groups in total. The van der Waals surface area contributed by atoms with Crippen LogP contribution in [0.3, 0.4) is 0 Å². The number of carboxylic acid groups (broad SMARTS) is 1. The van der Waals surface area contributed by atoms with Crippen molar-refractivity contribution in [3.8, 4) is 0 Å². The van der Waals surface area contributed by atoms with Crippen LogP contribution in [0.4, 0.5) is 0 Å². The van der Waals surface area contributed by atoms with E-state index in [0.29, 0.717) is 5.75 Å². The molecule has 1 rings (SSSR count). The van der Waals surface area contributed by atoms with Crippen molar-refractivity contribution < 1.29 is 14.7 Å². The van der Waals surface area contributed by atoms with Gasteiger partial charge in [0.05, 0.1) is 18.2 Å². The van der Waals surface area contributed by atoms with Crippen LogP contribution >= 0.6 is 11.8 Å². The lowest BCUT2D eigenvalue weighted by molar-refractivity contribution is -0.137. The number of nitrogens with one attached hydrogen (secondary N) is 1. The molecule has 0 aromatic heterocycles. The Bertz CT molecular complexity index is 434. The van der Waals surface area contributed by atoms with Crippen molar-refractivity contribution >= 4 is 23.6 Å². The number of amides is 1. The summed E-state index contributed by atoms with van der Waals surface area (Å²) in [4.78, 5) is 22.5. The van der Waals surface area contributed by atoms with Gasteiger partial charge in [-0.15, -0.1) is 0 Å². The monoisotopic (exact) mass is 267 g/mol. The number of carbonyl (C=O) groups is 2. The third kappa shape index (κ3) is 4.41. The van der Waals surface area contributed by atoms with Gasteiger partial charge < -0.3 is 10.4 Å². The molecule has 0 saturated carbocycles. The standard InChI is InChI=1S/C13H17NO3S/c1-9-5-3-4-6-10(9)11(7-13(16)17)14-12(15)8-18-2/h3-6,11H,7-8H2,1-2H3,(H,14,15)(H,16,17). The summed E-state index contributed by atoms with van der Waals surface area (Å²) in [5.74, 6) is -0.730. The Labute approximate surface area is 111 Å². The molecule has 1 unspecified atom stereocenters. The van der Waals surface area contributed by atoms with Crippen LogP contribution in [0, 0.1) is 6.92 Å². The van der Waals surface area contributed by atoms with Crippen LogP contribution in [0.2, 0.25) is 0 Å². The summed E-state index contributed by atoms with van der Waals surface area (Å²) >= 11 is 1.41. The number of carboxylic acids is 1. The Morgan fingerprint density at radius 2 is 2.06 bits per heavy atom. The van der Waals surface area contributed by atoms with Crippen LogP contribution in [0.25, 0.3) is 0 Å². The van der Waals surface area contributed by atoms with Crippen LogP contribution in [0.1, 0.15) is 23.6 Å². The fourth-order valence-electron chi connectivity index (χ4n) is 1.76. The quantitative estimate of drug-likeness (QED) is 0.827. The van der Waals surface area contributed by atoms with Gasteiger partial charge in [-0.3, -0.25) is 9.59 Å². The molecule has 0 spiro atoms. The molecule has 18 heavy (non-hydrogen) atoms. The maximum Gasteiger partial charge on any atom is 0.305 e. The van der Waals surface area contributed by atoms with Gasteiger partial charge >= 0.3 is 5.97 Å². The fraction of sp³-hybridized carbons (Fsp3) is 0.385. The number of benzene rings is 1. The summed E-state index contributed by atoms with van der Waals surface area (Å²) in [5.41, 5.74) is 1.84. The highest BCUT2D eigenvalue weighted by molar-refractivity contribution is 7.99. The summed E-state index contributed by atoms with van der Waals surface area (Å²) in [5, 5.41) is 11.7. The largest absolute Gasteiger partial charge is 0.481 e. The molecule has 4 nitrogen and oxygen atoms in total. The number of hydrogen-bond acceptors (Lipinski definition) is 3. The minimum atomic E-state index is -0.923. The van der Waals surface area contributed by atoms with Crippen LogP contribution in [0.15, 0.2) is 24.3 Å². The molecule has 1 aromatic carbocycles. The molecule has 1 amide bonds. The van der Waals surface area contributed by atoms with Gasteiger partial charge in [-0.2, -0.15) is 11.8 Å². The Morgan fingerprint density at radius 3 is 2.61 bits per heavy atom. The molecule has 0 bridgehead atoms. The lowest BCUT2D eigenvalue weighted by Gasteiger charge is -2.19. The molecule has 0 aliphatic rings. The summed E-state index contributed by atoms with van der Waals surface area (Å²) < 4.78 is 0. The van der Waals surface area contributed by atoms with Crippen molar-refractivity contribution in [3.05, 3.63) is 35.4 Å². The summed E-state index contributed by atoms with van der Waals surface area (Å²) in [7, 11) is 0. The highest BCUT2D eigenvalue weighted by Crippen LogP contribution is 2.20. The summed E-state index contributed by atoms with van der Waals surface area (Å²) in [6.45, 7) is 1.91. The first kappa shape index (κ1) is 14.6. The maximum absolute atomic E-state index is 11.6. The number of rotatable bonds is 6. The van der Waals surface area contributed by atoms with E-state index in [0.717, 1.165) is 11.1 Å². The zero-order chi connectivity index (χ0) is 13.5. The Kier molecular flexibility index (Phi) is 5.71. The van der Waals surface area contributed by atoms with Crippen molar-refractivity contribution in [3.63, 3.8) is 0 Å². The number of aliphatic carboxylic acids is 1. The lowest BCUT2D eigenvalue weighted by atomic mass is 9.99. The predicted molar refractivity (Wildman–Crippen MR) is 72.7 cm³/mol. The predicted octanol–water partition coefficient (Wildman–Crippen LogP) is 1.99. The Balaban J connectivity index is 2.88. The van der Waals surface area contributed by atoms with E-state index in [1.807, 2.05) is 37.4 Å². The van der Waals surface area contributed by atoms with Crippen molar-refractivity contribution in [2.45, 2.75) is 19.4 Å². The third-order valence-corrected chi connectivity index (χ3v) is 3.10. The van der Waals surface area contributed by atoms with E-state index >= 15 is 0 Å². The van der Waals surface area contributed by atoms with Crippen LogP contribution in [-0.4, -0.2) is 29.0 Å². The molecule has 5 heteroatoms. The minimum absolute atomic E-state index is 0.106. The number of carbonyl (C=O) groups excluding carboxylic acids is 1. The molecule has 1 aromatic rings. The zero-order valence-electron chi connectivity index (χ0n) is 10.5. The number of hydrogen-bond donors (Lipinski definition) is 2. The van der Waals surface area contributed by atoms with Crippen molar-refractivity contribution in [1.29, 1.82) is 0 Å². The number of thioether (sulfide) groups is 1. The number of aryl methyl sites for hydroxylation is 1. The van der Waals surface area contributed by atoms with Gasteiger partial charge in [0.25, 0.3) is 0 Å². The van der Waals surface area contributed by atoms with E-state index in [1.165, 1.54) is 11.8 Å². The Hall–Kier alpha value is -1.49. The van der Waals surface area contributed by atoms with E-state index in [1.54, 1.807) is 0 Å². The average Bonchev–Trinajstić information content (AvgIpc) is 2.28. The normalized spacial score (nSPS) is 11.9. The molecule has 0 aliphatic carbocycles. The molecule has 98 valence electrons. The van der Waals surface area contributed by atoms with Gasteiger partial charge in [-0.25, -0.2) is 0 Å². The second kappa shape index (κ2) is 7.06. The van der Waals surface area contributed by atoms with Gasteiger partial charge in [0.2, 0.25) is 5.91 Å². The maximum atomic E-state index is 11.6. The van der Waals surface area contributed by atoms with Crippen LogP contribution in [-0.2, 0) is 9.59 Å². The first-order valence-corrected chi connectivity index (χ1v) is 6.99. The third-order valence-electron chi connectivity index (χ3n) is 2.55. The molecular weight excluding hydrogens is 250 g/mol. The summed E-state index contributed by atoms with van der Waals surface area (Å²) in [6.07, 6.45) is 1.73. The van der Waals surface area contributed by atoms with Gasteiger partial charge in [-0.1, -0.05) is 24.3 Å². The van der Waals surface area contributed by atoms with Crippen LogP contribution in [0.5, 0.6) is 0 Å². The molecule has 0 saturated heterocycles. The van der Waals surface area contributed by atoms with Gasteiger partial charge in [0.15, 0.2) is 0 Å². The topological polar surface area (TPSA) is 66.4 Å². The first-order valence-electron chi connectivity index (χ1n) is 5.60. The molecule has 0 fully saturated rings. The SMILES string of the molecule is CSCC(=O)NC(CC(=O)O)c1ccccc1C. The van der Waals surface area contributed by atoms with Crippen LogP contribution < -0.4 is 5.32 Å². The second-order valence-corrected chi connectivity index (χ2v) is 4.87. The van der Waals surface area contributed by atoms with E-state index in [2.05, 4.69) is 5.32 Å². The zero-order valence-corrected chi connectivity index (χ0v) is 11.3. The van der Waals surface area contributed by atoms with E-state index in [-0.39, 0.29) is 12.3 Å². The molecule has 0 aliphatic heterocycles.